The van der Waals surface area contributed by atoms with Crippen molar-refractivity contribution in [3.8, 4) is 0 Å². The van der Waals surface area contributed by atoms with Gasteiger partial charge in [0.1, 0.15) is 6.54 Å². The normalized spacial score (nSPS) is 25.7. The van der Waals surface area contributed by atoms with Crippen LogP contribution in [0.5, 0.6) is 0 Å². The van der Waals surface area contributed by atoms with E-state index in [2.05, 4.69) is 64.1 Å². The predicted molar refractivity (Wildman–Crippen MR) is 89.2 cm³/mol. The van der Waals surface area contributed by atoms with Gasteiger partial charge in [-0.3, -0.25) is 10.2 Å². The number of nitrogens with zero attached hydrogens (tertiary/aromatic N) is 1. The summed E-state index contributed by atoms with van der Waals surface area (Å²) in [5.41, 5.74) is 0.332. The van der Waals surface area contributed by atoms with Crippen LogP contribution >= 0.6 is 0 Å². The summed E-state index contributed by atoms with van der Waals surface area (Å²) in [6.45, 7) is 15.5. The minimum atomic E-state index is -0.408. The summed E-state index contributed by atoms with van der Waals surface area (Å²) in [6.07, 6.45) is 2.95. The summed E-state index contributed by atoms with van der Waals surface area (Å²) in [5, 5.41) is 15.9. The van der Waals surface area contributed by atoms with Crippen molar-refractivity contribution in [2.24, 2.45) is 5.92 Å². The predicted octanol–water partition coefficient (Wildman–Crippen LogP) is 1.16. The van der Waals surface area contributed by atoms with Gasteiger partial charge in [-0.1, -0.05) is 13.8 Å². The third-order valence-electron chi connectivity index (χ3n) is 5.39. The van der Waals surface area contributed by atoms with Crippen LogP contribution < -0.4 is 10.6 Å². The van der Waals surface area contributed by atoms with Crippen molar-refractivity contribution in [2.45, 2.75) is 84.2 Å². The maximum atomic E-state index is 10.2. The molecule has 0 aromatic heterocycles. The lowest BCUT2D eigenvalue weighted by Crippen LogP contribution is -2.88. The molecule has 2 atom stereocenters. The smallest absolute Gasteiger partial charge is 0.154 e. The minimum Gasteiger partial charge on any atom is -0.373 e. The standard InChI is InChI=1S/C17H37N3O/c1-8-13(2)11-18-12-15(21)19-14-9-16(3,4)20(7)17(5,6)10-14/h13-15,18-19,21H,8-12H2,1-7H3/p+1. The highest BCUT2D eigenvalue weighted by Crippen LogP contribution is 2.36. The highest BCUT2D eigenvalue weighted by atomic mass is 16.3. The zero-order chi connectivity index (χ0) is 16.3. The third kappa shape index (κ3) is 5.51. The fourth-order valence-corrected chi connectivity index (χ4v) is 3.53. The molecule has 1 saturated heterocycles. The molecule has 1 heterocycles. The Hall–Kier alpha value is -0.160. The van der Waals surface area contributed by atoms with E-state index >= 15 is 0 Å². The molecule has 0 spiro atoms. The molecule has 4 N–H and O–H groups in total. The average molecular weight is 301 g/mol. The number of quaternary nitrogens is 1. The SMILES string of the molecule is CCC(C)C[NH2+]CC(O)NC1CC(C)(C)N(C)C(C)(C)C1. The lowest BCUT2D eigenvalue weighted by Gasteiger charge is -2.54. The van der Waals surface area contributed by atoms with Gasteiger partial charge in [-0.2, -0.15) is 0 Å². The van der Waals surface area contributed by atoms with E-state index in [0.717, 1.165) is 31.8 Å². The summed E-state index contributed by atoms with van der Waals surface area (Å²) >= 11 is 0. The first-order valence-corrected chi connectivity index (χ1v) is 8.58. The van der Waals surface area contributed by atoms with Crippen molar-refractivity contribution in [1.29, 1.82) is 0 Å². The molecule has 21 heavy (non-hydrogen) atoms. The van der Waals surface area contributed by atoms with Crippen LogP contribution in [0.4, 0.5) is 0 Å². The minimum absolute atomic E-state index is 0.166. The Morgan fingerprint density at radius 2 is 1.71 bits per heavy atom. The lowest BCUT2D eigenvalue weighted by molar-refractivity contribution is -0.667. The van der Waals surface area contributed by atoms with Crippen molar-refractivity contribution in [3.63, 3.8) is 0 Å². The average Bonchev–Trinajstić information content (AvgIpc) is 2.34. The van der Waals surface area contributed by atoms with Crippen LogP contribution in [0.2, 0.25) is 0 Å². The number of aliphatic hydroxyl groups is 1. The van der Waals surface area contributed by atoms with E-state index in [1.54, 1.807) is 0 Å². The second-order valence-electron chi connectivity index (χ2n) is 8.25. The molecule has 0 aromatic rings. The highest BCUT2D eigenvalue weighted by Gasteiger charge is 2.43. The molecule has 0 aliphatic carbocycles. The topological polar surface area (TPSA) is 52.1 Å². The number of rotatable bonds is 7. The number of hydrogen-bond donors (Lipinski definition) is 3. The van der Waals surface area contributed by atoms with Crippen LogP contribution in [0.25, 0.3) is 0 Å². The van der Waals surface area contributed by atoms with Gasteiger partial charge in [0.15, 0.2) is 6.23 Å². The molecule has 0 aromatic carbocycles. The Morgan fingerprint density at radius 3 is 2.19 bits per heavy atom. The van der Waals surface area contributed by atoms with Crippen molar-refractivity contribution >= 4 is 0 Å². The van der Waals surface area contributed by atoms with Gasteiger partial charge in [0.2, 0.25) is 0 Å². The molecular weight excluding hydrogens is 262 g/mol. The monoisotopic (exact) mass is 300 g/mol. The number of nitrogens with two attached hydrogens (primary N) is 1. The zero-order valence-corrected chi connectivity index (χ0v) is 15.2. The number of aliphatic hydroxyl groups excluding tert-OH is 1. The summed E-state index contributed by atoms with van der Waals surface area (Å²) in [6, 6.07) is 0.387. The molecule has 1 aliphatic rings. The highest BCUT2D eigenvalue weighted by molar-refractivity contribution is 5.00. The summed E-state index contributed by atoms with van der Waals surface area (Å²) in [5.74, 6) is 0.721. The molecule has 0 radical (unpaired) electrons. The molecule has 4 nitrogen and oxygen atoms in total. The van der Waals surface area contributed by atoms with Gasteiger partial charge < -0.3 is 10.4 Å². The van der Waals surface area contributed by atoms with Gasteiger partial charge in [0.25, 0.3) is 0 Å². The van der Waals surface area contributed by atoms with Crippen LogP contribution in [0, 0.1) is 5.92 Å². The van der Waals surface area contributed by atoms with E-state index in [0.29, 0.717) is 6.04 Å². The maximum Gasteiger partial charge on any atom is 0.154 e. The first kappa shape index (κ1) is 18.9. The number of piperidine rings is 1. The third-order valence-corrected chi connectivity index (χ3v) is 5.39. The molecule has 1 aliphatic heterocycles. The Balaban J connectivity index is 2.44. The van der Waals surface area contributed by atoms with E-state index < -0.39 is 6.23 Å². The van der Waals surface area contributed by atoms with Crippen molar-refractivity contribution in [2.75, 3.05) is 20.1 Å². The van der Waals surface area contributed by atoms with Gasteiger partial charge in [0.05, 0.1) is 6.54 Å². The van der Waals surface area contributed by atoms with Gasteiger partial charge >= 0.3 is 0 Å². The molecule has 1 rings (SSSR count). The van der Waals surface area contributed by atoms with E-state index in [4.69, 9.17) is 0 Å². The maximum absolute atomic E-state index is 10.2. The summed E-state index contributed by atoms with van der Waals surface area (Å²) < 4.78 is 0. The second-order valence-corrected chi connectivity index (χ2v) is 8.25. The van der Waals surface area contributed by atoms with E-state index in [1.807, 2.05) is 0 Å². The van der Waals surface area contributed by atoms with Gasteiger partial charge in [-0.15, -0.1) is 0 Å². The molecule has 1 fully saturated rings. The first-order chi connectivity index (χ1) is 9.58. The van der Waals surface area contributed by atoms with E-state index in [1.165, 1.54) is 6.42 Å². The quantitative estimate of drug-likeness (QED) is 0.618. The Labute approximate surface area is 131 Å². The van der Waals surface area contributed by atoms with E-state index in [-0.39, 0.29) is 11.1 Å². The molecule has 0 amide bonds. The van der Waals surface area contributed by atoms with Crippen molar-refractivity contribution < 1.29 is 10.4 Å². The number of likely N-dealkylation sites (tertiary alicyclic amines) is 1. The molecular formula is C17H38N3O+. The first-order valence-electron chi connectivity index (χ1n) is 8.58. The molecule has 4 heteroatoms. The van der Waals surface area contributed by atoms with Crippen LogP contribution in [0.3, 0.4) is 0 Å². The van der Waals surface area contributed by atoms with Crippen molar-refractivity contribution in [3.05, 3.63) is 0 Å². The number of nitrogens with one attached hydrogen (secondary N) is 1. The summed E-state index contributed by atoms with van der Waals surface area (Å²) in [7, 11) is 2.21. The fraction of sp³-hybridized carbons (Fsp3) is 1.00. The van der Waals surface area contributed by atoms with Gasteiger partial charge in [-0.05, 0) is 54.0 Å². The zero-order valence-electron chi connectivity index (χ0n) is 15.2. The fourth-order valence-electron chi connectivity index (χ4n) is 3.53. The molecule has 2 unspecified atom stereocenters. The largest absolute Gasteiger partial charge is 0.373 e. The van der Waals surface area contributed by atoms with Crippen LogP contribution in [0.15, 0.2) is 0 Å². The molecule has 0 saturated carbocycles. The Kier molecular flexibility index (Phi) is 6.66. The van der Waals surface area contributed by atoms with Crippen LogP contribution in [0.1, 0.15) is 60.8 Å². The Bertz CT molecular complexity index is 299. The van der Waals surface area contributed by atoms with Crippen LogP contribution in [-0.4, -0.2) is 53.5 Å². The van der Waals surface area contributed by atoms with Crippen molar-refractivity contribution in [1.82, 2.24) is 10.2 Å². The molecule has 126 valence electrons. The molecule has 0 bridgehead atoms. The second kappa shape index (κ2) is 7.40. The van der Waals surface area contributed by atoms with Gasteiger partial charge in [-0.25, -0.2) is 0 Å². The van der Waals surface area contributed by atoms with Gasteiger partial charge in [0, 0.05) is 23.0 Å². The number of hydrogen-bond acceptors (Lipinski definition) is 3. The van der Waals surface area contributed by atoms with Crippen LogP contribution in [-0.2, 0) is 0 Å². The van der Waals surface area contributed by atoms with E-state index in [9.17, 15) is 5.11 Å². The Morgan fingerprint density at radius 1 is 1.19 bits per heavy atom. The summed E-state index contributed by atoms with van der Waals surface area (Å²) in [4.78, 5) is 2.47. The lowest BCUT2D eigenvalue weighted by atomic mass is 9.77.